The molecule has 0 bridgehead atoms. The molecule has 0 radical (unpaired) electrons. The summed E-state index contributed by atoms with van der Waals surface area (Å²) in [4.78, 5) is 0. The van der Waals surface area contributed by atoms with Crippen LogP contribution >= 0.6 is 0 Å². The molecule has 16 heavy (non-hydrogen) atoms. The predicted octanol–water partition coefficient (Wildman–Crippen LogP) is 2.22. The Morgan fingerprint density at radius 1 is 1.38 bits per heavy atom. The minimum absolute atomic E-state index is 0.164. The van der Waals surface area contributed by atoms with Crippen molar-refractivity contribution in [2.24, 2.45) is 0 Å². The van der Waals surface area contributed by atoms with Crippen LogP contribution in [-0.4, -0.2) is 17.8 Å². The first kappa shape index (κ1) is 13.1. The minimum atomic E-state index is -0.561. The van der Waals surface area contributed by atoms with Crippen molar-refractivity contribution in [2.45, 2.75) is 32.4 Å². The molecule has 0 aliphatic heterocycles. The molecule has 2 N–H and O–H groups in total. The monoisotopic (exact) mass is 229 g/mol. The molecular weight excluding hydrogens is 212 g/mol. The molecule has 0 heterocycles. The molecular formula is C12H17F2NO. The molecule has 1 unspecified atom stereocenters. The molecule has 0 aliphatic carbocycles. The number of halogens is 2. The van der Waals surface area contributed by atoms with Crippen molar-refractivity contribution in [3.8, 4) is 0 Å². The zero-order valence-corrected chi connectivity index (χ0v) is 9.34. The lowest BCUT2D eigenvalue weighted by Crippen LogP contribution is -2.26. The van der Waals surface area contributed by atoms with Gasteiger partial charge < -0.3 is 10.4 Å². The van der Waals surface area contributed by atoms with Gasteiger partial charge in [0.15, 0.2) is 0 Å². The third-order valence-electron chi connectivity index (χ3n) is 2.45. The molecule has 0 aromatic heterocycles. The summed E-state index contributed by atoms with van der Waals surface area (Å²) < 4.78 is 25.9. The SMILES string of the molecule is CC(CCCO)NCc1ccc(F)cc1F. The maximum atomic E-state index is 13.2. The Morgan fingerprint density at radius 3 is 2.75 bits per heavy atom. The van der Waals surface area contributed by atoms with Gasteiger partial charge >= 0.3 is 0 Å². The standard InChI is InChI=1S/C12H17F2NO/c1-9(3-2-6-16)15-8-10-4-5-11(13)7-12(10)14/h4-5,7,9,15-16H,2-3,6,8H2,1H3. The summed E-state index contributed by atoms with van der Waals surface area (Å²) in [6.07, 6.45) is 1.55. The van der Waals surface area contributed by atoms with Crippen molar-refractivity contribution >= 4 is 0 Å². The summed E-state index contributed by atoms with van der Waals surface area (Å²) in [5.41, 5.74) is 0.456. The van der Waals surface area contributed by atoms with E-state index >= 15 is 0 Å². The van der Waals surface area contributed by atoms with Gasteiger partial charge in [-0.15, -0.1) is 0 Å². The fourth-order valence-electron chi connectivity index (χ4n) is 1.45. The van der Waals surface area contributed by atoms with Crippen LogP contribution in [0.3, 0.4) is 0 Å². The first-order chi connectivity index (χ1) is 7.63. The Morgan fingerprint density at radius 2 is 2.12 bits per heavy atom. The number of hydrogen-bond acceptors (Lipinski definition) is 2. The average molecular weight is 229 g/mol. The lowest BCUT2D eigenvalue weighted by Gasteiger charge is -2.13. The van der Waals surface area contributed by atoms with Gasteiger partial charge in [0.05, 0.1) is 0 Å². The second kappa shape index (κ2) is 6.55. The summed E-state index contributed by atoms with van der Waals surface area (Å²) in [5, 5.41) is 11.8. The molecule has 1 aromatic rings. The van der Waals surface area contributed by atoms with Gasteiger partial charge in [-0.3, -0.25) is 0 Å². The topological polar surface area (TPSA) is 32.3 Å². The van der Waals surface area contributed by atoms with Gasteiger partial charge in [0.1, 0.15) is 11.6 Å². The van der Waals surface area contributed by atoms with Crippen LogP contribution in [0.4, 0.5) is 8.78 Å². The molecule has 0 aliphatic rings. The zero-order valence-electron chi connectivity index (χ0n) is 9.34. The summed E-state index contributed by atoms with van der Waals surface area (Å²) in [6, 6.07) is 3.78. The highest BCUT2D eigenvalue weighted by molar-refractivity contribution is 5.18. The Kier molecular flexibility index (Phi) is 5.35. The largest absolute Gasteiger partial charge is 0.396 e. The molecule has 1 atom stereocenters. The van der Waals surface area contributed by atoms with Crippen LogP contribution in [0.25, 0.3) is 0 Å². The first-order valence-electron chi connectivity index (χ1n) is 5.41. The zero-order chi connectivity index (χ0) is 12.0. The Labute approximate surface area is 94.3 Å². The summed E-state index contributed by atoms with van der Waals surface area (Å²) >= 11 is 0. The van der Waals surface area contributed by atoms with Crippen LogP contribution in [0.5, 0.6) is 0 Å². The molecule has 0 spiro atoms. The van der Waals surface area contributed by atoms with Crippen LogP contribution in [0.1, 0.15) is 25.3 Å². The van der Waals surface area contributed by atoms with E-state index in [4.69, 9.17) is 5.11 Å². The molecule has 1 aromatic carbocycles. The normalized spacial score (nSPS) is 12.8. The van der Waals surface area contributed by atoms with Gasteiger partial charge in [-0.1, -0.05) is 6.07 Å². The van der Waals surface area contributed by atoms with Crippen LogP contribution in [0.2, 0.25) is 0 Å². The maximum absolute atomic E-state index is 13.2. The van der Waals surface area contributed by atoms with Gasteiger partial charge in [-0.05, 0) is 25.8 Å². The molecule has 0 amide bonds. The van der Waals surface area contributed by atoms with E-state index in [0.717, 1.165) is 18.9 Å². The van der Waals surface area contributed by atoms with Gasteiger partial charge in [-0.2, -0.15) is 0 Å². The average Bonchev–Trinajstić information content (AvgIpc) is 2.25. The van der Waals surface area contributed by atoms with Crippen molar-refractivity contribution < 1.29 is 13.9 Å². The van der Waals surface area contributed by atoms with E-state index in [2.05, 4.69) is 5.32 Å². The van der Waals surface area contributed by atoms with Gasteiger partial charge in [0.25, 0.3) is 0 Å². The van der Waals surface area contributed by atoms with Crippen LogP contribution in [0.15, 0.2) is 18.2 Å². The second-order valence-corrected chi connectivity index (χ2v) is 3.88. The lowest BCUT2D eigenvalue weighted by molar-refractivity contribution is 0.276. The third kappa shape index (κ3) is 4.24. The third-order valence-corrected chi connectivity index (χ3v) is 2.45. The number of aliphatic hydroxyl groups is 1. The van der Waals surface area contributed by atoms with E-state index in [1.807, 2.05) is 6.92 Å². The molecule has 1 rings (SSSR count). The van der Waals surface area contributed by atoms with Crippen LogP contribution < -0.4 is 5.32 Å². The number of hydrogen-bond donors (Lipinski definition) is 2. The predicted molar refractivity (Wildman–Crippen MR) is 59.0 cm³/mol. The van der Waals surface area contributed by atoms with Crippen LogP contribution in [-0.2, 0) is 6.54 Å². The summed E-state index contributed by atoms with van der Waals surface area (Å²) in [5.74, 6) is -1.09. The van der Waals surface area contributed by atoms with Gasteiger partial charge in [0.2, 0.25) is 0 Å². The van der Waals surface area contributed by atoms with E-state index in [1.54, 1.807) is 0 Å². The maximum Gasteiger partial charge on any atom is 0.130 e. The van der Waals surface area contributed by atoms with E-state index in [9.17, 15) is 8.78 Å². The number of aliphatic hydroxyl groups excluding tert-OH is 1. The molecule has 90 valence electrons. The van der Waals surface area contributed by atoms with Gasteiger partial charge in [-0.25, -0.2) is 8.78 Å². The van der Waals surface area contributed by atoms with E-state index in [-0.39, 0.29) is 12.6 Å². The molecule has 2 nitrogen and oxygen atoms in total. The van der Waals surface area contributed by atoms with E-state index < -0.39 is 11.6 Å². The van der Waals surface area contributed by atoms with E-state index in [1.165, 1.54) is 12.1 Å². The second-order valence-electron chi connectivity index (χ2n) is 3.88. The van der Waals surface area contributed by atoms with E-state index in [0.29, 0.717) is 12.1 Å². The highest BCUT2D eigenvalue weighted by atomic mass is 19.1. The highest BCUT2D eigenvalue weighted by Crippen LogP contribution is 2.09. The molecule has 0 fully saturated rings. The highest BCUT2D eigenvalue weighted by Gasteiger charge is 2.05. The number of nitrogens with one attached hydrogen (secondary N) is 1. The van der Waals surface area contributed by atoms with Crippen molar-refractivity contribution in [2.75, 3.05) is 6.61 Å². The first-order valence-corrected chi connectivity index (χ1v) is 5.41. The minimum Gasteiger partial charge on any atom is -0.396 e. The fraction of sp³-hybridized carbons (Fsp3) is 0.500. The molecule has 0 saturated carbocycles. The summed E-state index contributed by atoms with van der Waals surface area (Å²) in [7, 11) is 0. The van der Waals surface area contributed by atoms with Crippen molar-refractivity contribution in [3.05, 3.63) is 35.4 Å². The van der Waals surface area contributed by atoms with Crippen molar-refractivity contribution in [3.63, 3.8) is 0 Å². The summed E-state index contributed by atoms with van der Waals surface area (Å²) in [6.45, 7) is 2.51. The quantitative estimate of drug-likeness (QED) is 0.784. The number of rotatable bonds is 6. The smallest absolute Gasteiger partial charge is 0.130 e. The Bertz CT molecular complexity index is 331. The molecule has 0 saturated heterocycles. The number of benzene rings is 1. The lowest BCUT2D eigenvalue weighted by atomic mass is 10.1. The molecule has 4 heteroatoms. The van der Waals surface area contributed by atoms with Crippen molar-refractivity contribution in [1.82, 2.24) is 5.32 Å². The fourth-order valence-corrected chi connectivity index (χ4v) is 1.45. The van der Waals surface area contributed by atoms with Gasteiger partial charge in [0, 0.05) is 30.8 Å². The Balaban J connectivity index is 2.42. The Hall–Kier alpha value is -1.00. The van der Waals surface area contributed by atoms with Crippen molar-refractivity contribution in [1.29, 1.82) is 0 Å². The van der Waals surface area contributed by atoms with Crippen LogP contribution in [0, 0.1) is 11.6 Å².